The fourth-order valence-electron chi connectivity index (χ4n) is 1.96. The Balaban J connectivity index is 2.18. The summed E-state index contributed by atoms with van der Waals surface area (Å²) in [5.74, 6) is 0.241. The fourth-order valence-corrected chi connectivity index (χ4v) is 1.96. The van der Waals surface area contributed by atoms with Crippen LogP contribution in [-0.2, 0) is 11.3 Å². The average Bonchev–Trinajstić information content (AvgIpc) is 2.95. The maximum absolute atomic E-state index is 12.0. The van der Waals surface area contributed by atoms with Gasteiger partial charge in [-0.3, -0.25) is 14.9 Å². The Hall–Kier alpha value is -3.60. The Morgan fingerprint density at radius 1 is 1.46 bits per heavy atom. The van der Waals surface area contributed by atoms with Crippen molar-refractivity contribution in [2.24, 2.45) is 0 Å². The smallest absolute Gasteiger partial charge is 0.273 e. The van der Waals surface area contributed by atoms with E-state index in [4.69, 9.17) is 9.68 Å². The summed E-state index contributed by atoms with van der Waals surface area (Å²) in [4.78, 5) is 22.1. The molecule has 8 nitrogen and oxygen atoms in total. The molecule has 2 rings (SSSR count). The predicted octanol–water partition coefficient (Wildman–Crippen LogP) is 2.43. The number of hydrogen-bond donors (Lipinski definition) is 2. The van der Waals surface area contributed by atoms with Crippen LogP contribution in [0.5, 0.6) is 5.75 Å². The Labute approximate surface area is 136 Å². The van der Waals surface area contributed by atoms with Gasteiger partial charge in [-0.05, 0) is 36.8 Å². The van der Waals surface area contributed by atoms with Gasteiger partial charge in [-0.2, -0.15) is 5.26 Å². The van der Waals surface area contributed by atoms with Crippen molar-refractivity contribution in [1.82, 2.24) is 5.32 Å². The number of furan rings is 1. The first-order chi connectivity index (χ1) is 11.4. The number of nitrogens with one attached hydrogen (secondary N) is 1. The minimum atomic E-state index is -0.678. The summed E-state index contributed by atoms with van der Waals surface area (Å²) >= 11 is 0. The number of carbonyl (C=O) groups excluding carboxylic acids is 1. The van der Waals surface area contributed by atoms with Crippen LogP contribution in [0.4, 0.5) is 5.69 Å². The highest BCUT2D eigenvalue weighted by atomic mass is 16.6. The number of nitriles is 1. The molecule has 1 heterocycles. The monoisotopic (exact) mass is 327 g/mol. The van der Waals surface area contributed by atoms with Crippen molar-refractivity contribution < 1.29 is 19.2 Å². The summed E-state index contributed by atoms with van der Waals surface area (Å²) in [6.45, 7) is 1.87. The minimum absolute atomic E-state index is 0.103. The largest absolute Gasteiger partial charge is 0.508 e. The van der Waals surface area contributed by atoms with Crippen LogP contribution >= 0.6 is 0 Å². The zero-order valence-electron chi connectivity index (χ0n) is 12.6. The molecule has 0 atom stereocenters. The van der Waals surface area contributed by atoms with Crippen LogP contribution in [0, 0.1) is 28.4 Å². The Kier molecular flexibility index (Phi) is 4.96. The lowest BCUT2D eigenvalue weighted by molar-refractivity contribution is -0.384. The number of benzene rings is 1. The normalized spacial score (nSPS) is 10.9. The van der Waals surface area contributed by atoms with Crippen molar-refractivity contribution in [2.75, 3.05) is 0 Å². The summed E-state index contributed by atoms with van der Waals surface area (Å²) in [6.07, 6.45) is 1.16. The van der Waals surface area contributed by atoms with E-state index < -0.39 is 10.8 Å². The van der Waals surface area contributed by atoms with Gasteiger partial charge in [0.15, 0.2) is 0 Å². The number of phenols is 1. The van der Waals surface area contributed by atoms with Gasteiger partial charge in [-0.15, -0.1) is 0 Å². The first-order valence-corrected chi connectivity index (χ1v) is 6.83. The summed E-state index contributed by atoms with van der Waals surface area (Å²) < 4.78 is 5.30. The molecule has 0 aliphatic heterocycles. The number of aryl methyl sites for hydroxylation is 1. The molecule has 0 spiro atoms. The fraction of sp³-hybridized carbons (Fsp3) is 0.125. The molecular formula is C16H13N3O5. The molecule has 0 aliphatic carbocycles. The summed E-state index contributed by atoms with van der Waals surface area (Å²) in [7, 11) is 0. The number of phenolic OH excluding ortho intramolecular Hbond substituents is 1. The number of nitro groups is 1. The second kappa shape index (κ2) is 7.11. The number of aromatic hydroxyl groups is 1. The van der Waals surface area contributed by atoms with Crippen molar-refractivity contribution in [3.05, 3.63) is 63.1 Å². The van der Waals surface area contributed by atoms with Crippen LogP contribution in [0.1, 0.15) is 17.1 Å². The molecule has 24 heavy (non-hydrogen) atoms. The molecule has 2 N–H and O–H groups in total. The number of non-ortho nitro benzene ring substituents is 1. The van der Waals surface area contributed by atoms with Crippen LogP contribution in [0.15, 0.2) is 40.3 Å². The highest BCUT2D eigenvalue weighted by molar-refractivity contribution is 6.01. The van der Waals surface area contributed by atoms with Crippen LogP contribution in [0.3, 0.4) is 0 Å². The van der Waals surface area contributed by atoms with Crippen molar-refractivity contribution >= 4 is 17.7 Å². The molecule has 2 aromatic rings. The van der Waals surface area contributed by atoms with E-state index in [1.54, 1.807) is 25.1 Å². The van der Waals surface area contributed by atoms with E-state index >= 15 is 0 Å². The Morgan fingerprint density at radius 2 is 2.21 bits per heavy atom. The SMILES string of the molecule is Cc1ccc(CNC(=O)C(C#N)=Cc2cc(O)cc([N+](=O)[O-])c2)o1. The van der Waals surface area contributed by atoms with Gasteiger partial charge in [0.2, 0.25) is 0 Å². The van der Waals surface area contributed by atoms with Crippen molar-refractivity contribution in [2.45, 2.75) is 13.5 Å². The molecule has 0 saturated heterocycles. The number of amides is 1. The van der Waals surface area contributed by atoms with Gasteiger partial charge in [0.05, 0.1) is 17.5 Å². The Morgan fingerprint density at radius 3 is 2.79 bits per heavy atom. The van der Waals surface area contributed by atoms with Crippen molar-refractivity contribution in [3.63, 3.8) is 0 Å². The van der Waals surface area contributed by atoms with E-state index in [9.17, 15) is 20.0 Å². The lowest BCUT2D eigenvalue weighted by Gasteiger charge is -2.03. The molecule has 122 valence electrons. The first kappa shape index (κ1) is 16.8. The van der Waals surface area contributed by atoms with E-state index in [1.165, 1.54) is 6.07 Å². The third-order valence-corrected chi connectivity index (χ3v) is 3.03. The van der Waals surface area contributed by atoms with Gasteiger partial charge in [-0.1, -0.05) is 0 Å². The van der Waals surface area contributed by atoms with E-state index in [-0.39, 0.29) is 29.1 Å². The predicted molar refractivity (Wildman–Crippen MR) is 83.6 cm³/mol. The topological polar surface area (TPSA) is 129 Å². The highest BCUT2D eigenvalue weighted by Gasteiger charge is 2.13. The molecule has 1 aromatic heterocycles. The average molecular weight is 327 g/mol. The first-order valence-electron chi connectivity index (χ1n) is 6.83. The summed E-state index contributed by atoms with van der Waals surface area (Å²) in [6, 6.07) is 8.51. The second-order valence-corrected chi connectivity index (χ2v) is 4.90. The zero-order valence-corrected chi connectivity index (χ0v) is 12.6. The third-order valence-electron chi connectivity index (χ3n) is 3.03. The number of rotatable bonds is 5. The van der Waals surface area contributed by atoms with E-state index in [1.807, 2.05) is 0 Å². The molecule has 8 heteroatoms. The minimum Gasteiger partial charge on any atom is -0.508 e. The number of nitrogens with zero attached hydrogens (tertiary/aromatic N) is 2. The number of nitro benzene ring substituents is 1. The van der Waals surface area contributed by atoms with Crippen LogP contribution in [-0.4, -0.2) is 15.9 Å². The van der Waals surface area contributed by atoms with Crippen LogP contribution < -0.4 is 5.32 Å². The zero-order chi connectivity index (χ0) is 17.7. The van der Waals surface area contributed by atoms with Crippen LogP contribution in [0.25, 0.3) is 6.08 Å². The molecular weight excluding hydrogens is 314 g/mol. The van der Waals surface area contributed by atoms with Crippen LogP contribution in [0.2, 0.25) is 0 Å². The molecule has 1 aromatic carbocycles. The molecule has 0 saturated carbocycles. The standard InChI is InChI=1S/C16H13N3O5/c1-10-2-3-15(24-10)9-18-16(21)12(8-17)4-11-5-13(19(22)23)7-14(20)6-11/h2-7,20H,9H2,1H3,(H,18,21). The number of hydrogen-bond acceptors (Lipinski definition) is 6. The van der Waals surface area contributed by atoms with Gasteiger partial charge in [0.25, 0.3) is 11.6 Å². The molecule has 0 fully saturated rings. The van der Waals surface area contributed by atoms with E-state index in [2.05, 4.69) is 5.32 Å². The molecule has 0 radical (unpaired) electrons. The van der Waals surface area contributed by atoms with Crippen molar-refractivity contribution in [3.8, 4) is 11.8 Å². The molecule has 0 bridgehead atoms. The highest BCUT2D eigenvalue weighted by Crippen LogP contribution is 2.23. The summed E-state index contributed by atoms with van der Waals surface area (Å²) in [5, 5.41) is 31.9. The van der Waals surface area contributed by atoms with E-state index in [0.29, 0.717) is 11.5 Å². The number of carbonyl (C=O) groups is 1. The van der Waals surface area contributed by atoms with Gasteiger partial charge in [0, 0.05) is 6.07 Å². The quantitative estimate of drug-likeness (QED) is 0.375. The van der Waals surface area contributed by atoms with Gasteiger partial charge < -0.3 is 14.8 Å². The van der Waals surface area contributed by atoms with E-state index in [0.717, 1.165) is 18.2 Å². The van der Waals surface area contributed by atoms with Gasteiger partial charge in [0.1, 0.15) is 28.9 Å². The maximum Gasteiger partial charge on any atom is 0.273 e. The van der Waals surface area contributed by atoms with Gasteiger partial charge >= 0.3 is 0 Å². The lowest BCUT2D eigenvalue weighted by atomic mass is 10.1. The molecule has 1 amide bonds. The summed E-state index contributed by atoms with van der Waals surface area (Å²) in [5.41, 5.74) is -0.426. The molecule has 0 unspecified atom stereocenters. The lowest BCUT2D eigenvalue weighted by Crippen LogP contribution is -2.23. The maximum atomic E-state index is 12.0. The third kappa shape index (κ3) is 4.20. The molecule has 0 aliphatic rings. The second-order valence-electron chi connectivity index (χ2n) is 4.90. The Bertz CT molecular complexity index is 861. The van der Waals surface area contributed by atoms with Crippen molar-refractivity contribution in [1.29, 1.82) is 5.26 Å². The van der Waals surface area contributed by atoms with Gasteiger partial charge in [-0.25, -0.2) is 0 Å².